The third kappa shape index (κ3) is 3.51. The summed E-state index contributed by atoms with van der Waals surface area (Å²) >= 11 is 1.54. The molecular formula is C24H27N3OS. The van der Waals surface area contributed by atoms with Crippen molar-refractivity contribution in [3.05, 3.63) is 69.8 Å². The van der Waals surface area contributed by atoms with E-state index in [1.807, 2.05) is 16.7 Å². The van der Waals surface area contributed by atoms with Gasteiger partial charge in [-0.15, -0.1) is 0 Å². The lowest BCUT2D eigenvalue weighted by atomic mass is 9.95. The maximum atomic E-state index is 13.0. The van der Waals surface area contributed by atoms with Crippen molar-refractivity contribution >= 4 is 22.5 Å². The van der Waals surface area contributed by atoms with E-state index >= 15 is 0 Å². The molecule has 2 aliphatic carbocycles. The van der Waals surface area contributed by atoms with Gasteiger partial charge in [-0.3, -0.25) is 4.57 Å². The summed E-state index contributed by atoms with van der Waals surface area (Å²) in [5, 5.41) is 2.95. The highest BCUT2D eigenvalue weighted by Gasteiger charge is 2.27. The molecule has 3 aromatic rings. The highest BCUT2D eigenvalue weighted by Crippen LogP contribution is 2.39. The van der Waals surface area contributed by atoms with Crippen LogP contribution >= 0.6 is 11.8 Å². The van der Waals surface area contributed by atoms with Crippen molar-refractivity contribution in [3.63, 3.8) is 0 Å². The zero-order valence-corrected chi connectivity index (χ0v) is 17.5. The quantitative estimate of drug-likeness (QED) is 0.371. The smallest absolute Gasteiger partial charge is 0.315 e. The molecular weight excluding hydrogens is 378 g/mol. The van der Waals surface area contributed by atoms with E-state index in [-0.39, 0.29) is 11.1 Å². The van der Waals surface area contributed by atoms with E-state index in [0.29, 0.717) is 6.04 Å². The van der Waals surface area contributed by atoms with Crippen molar-refractivity contribution in [2.24, 2.45) is 5.73 Å². The molecule has 1 fully saturated rings. The summed E-state index contributed by atoms with van der Waals surface area (Å²) in [6, 6.07) is 14.9. The van der Waals surface area contributed by atoms with E-state index in [1.165, 1.54) is 53.1 Å². The van der Waals surface area contributed by atoms with Crippen LogP contribution in [0.2, 0.25) is 0 Å². The molecule has 150 valence electrons. The molecule has 1 heterocycles. The van der Waals surface area contributed by atoms with Crippen molar-refractivity contribution in [2.45, 2.75) is 67.8 Å². The van der Waals surface area contributed by atoms with Gasteiger partial charge in [0.2, 0.25) is 0 Å². The Morgan fingerprint density at radius 1 is 1.00 bits per heavy atom. The molecule has 0 saturated heterocycles. The van der Waals surface area contributed by atoms with Crippen LogP contribution in [0.1, 0.15) is 66.8 Å². The molecule has 0 radical (unpaired) electrons. The van der Waals surface area contributed by atoms with Crippen LogP contribution in [0, 0.1) is 0 Å². The second kappa shape index (κ2) is 7.96. The number of fused-ring (bicyclic) bond motifs is 2. The summed E-state index contributed by atoms with van der Waals surface area (Å²) in [4.78, 5) is 17.6. The molecule has 0 unspecified atom stereocenters. The molecule has 1 saturated carbocycles. The van der Waals surface area contributed by atoms with Gasteiger partial charge in [-0.1, -0.05) is 73.5 Å². The minimum absolute atomic E-state index is 0.0785. The first kappa shape index (κ1) is 18.9. The van der Waals surface area contributed by atoms with Gasteiger partial charge in [-0.25, -0.2) is 4.79 Å². The number of rotatable bonds is 4. The molecule has 0 bridgehead atoms. The number of aromatic nitrogens is 2. The number of thioether (sulfide) groups is 1. The minimum Gasteiger partial charge on any atom is -0.315 e. The first-order chi connectivity index (χ1) is 14.2. The zero-order valence-electron chi connectivity index (χ0n) is 16.6. The summed E-state index contributed by atoms with van der Waals surface area (Å²) in [5.41, 5.74) is 10.1. The van der Waals surface area contributed by atoms with Crippen molar-refractivity contribution in [1.29, 1.82) is 0 Å². The summed E-state index contributed by atoms with van der Waals surface area (Å²) in [6.07, 6.45) is 9.02. The van der Waals surface area contributed by atoms with Crippen molar-refractivity contribution in [1.82, 2.24) is 9.55 Å². The van der Waals surface area contributed by atoms with Crippen LogP contribution in [0.5, 0.6) is 0 Å². The second-order valence-corrected chi connectivity index (χ2v) is 9.38. The fraction of sp³-hybridized carbons (Fsp3) is 0.417. The Labute approximate surface area is 175 Å². The van der Waals surface area contributed by atoms with Crippen LogP contribution in [0.25, 0.3) is 10.8 Å². The van der Waals surface area contributed by atoms with Crippen LogP contribution in [-0.4, -0.2) is 9.55 Å². The summed E-state index contributed by atoms with van der Waals surface area (Å²) in [6.45, 7) is 0. The number of hydrogen-bond acceptors (Lipinski definition) is 4. The Balaban J connectivity index is 1.51. The highest BCUT2D eigenvalue weighted by atomic mass is 32.2. The zero-order chi connectivity index (χ0) is 19.8. The van der Waals surface area contributed by atoms with Crippen LogP contribution in [0.3, 0.4) is 0 Å². The van der Waals surface area contributed by atoms with Crippen molar-refractivity contribution in [3.8, 4) is 0 Å². The van der Waals surface area contributed by atoms with Gasteiger partial charge in [0, 0.05) is 17.3 Å². The highest BCUT2D eigenvalue weighted by molar-refractivity contribution is 7.99. The predicted molar refractivity (Wildman–Crippen MR) is 119 cm³/mol. The molecule has 0 spiro atoms. The number of benzene rings is 2. The molecule has 5 heteroatoms. The largest absolute Gasteiger partial charge is 0.349 e. The normalized spacial score (nSPS) is 18.1. The van der Waals surface area contributed by atoms with Crippen LogP contribution in [0.15, 0.2) is 52.3 Å². The van der Waals surface area contributed by atoms with Gasteiger partial charge < -0.3 is 5.73 Å². The maximum absolute atomic E-state index is 13.0. The lowest BCUT2D eigenvalue weighted by molar-refractivity contribution is 0.334. The lowest BCUT2D eigenvalue weighted by Gasteiger charge is -2.27. The summed E-state index contributed by atoms with van der Waals surface area (Å²) in [5.74, 6) is 0. The molecule has 0 amide bonds. The van der Waals surface area contributed by atoms with E-state index < -0.39 is 0 Å². The number of nitrogens with two attached hydrogens (primary N) is 1. The van der Waals surface area contributed by atoms with Gasteiger partial charge in [-0.2, -0.15) is 4.98 Å². The van der Waals surface area contributed by atoms with Crippen LogP contribution < -0.4 is 11.4 Å². The van der Waals surface area contributed by atoms with E-state index in [9.17, 15) is 4.79 Å². The topological polar surface area (TPSA) is 60.9 Å². The SMILES string of the molecule is N[C@H](Sc1nc(=O)n(C2CCCCC2)c2c1CCC2)c1cccc2ccccc12. The fourth-order valence-electron chi connectivity index (χ4n) is 5.04. The van der Waals surface area contributed by atoms with Crippen molar-refractivity contribution < 1.29 is 0 Å². The molecule has 2 N–H and O–H groups in total. The fourth-order valence-corrected chi connectivity index (χ4v) is 6.11. The first-order valence-corrected chi connectivity index (χ1v) is 11.6. The van der Waals surface area contributed by atoms with Crippen molar-refractivity contribution in [2.75, 3.05) is 0 Å². The van der Waals surface area contributed by atoms with Gasteiger partial charge in [-0.05, 0) is 48.4 Å². The Kier molecular flexibility index (Phi) is 5.18. The standard InChI is InChI=1S/C24H27N3OS/c25-22(19-13-6-9-16-8-4-5-12-18(16)19)29-23-20-14-7-15-21(20)27(24(28)26-23)17-10-2-1-3-11-17/h4-6,8-9,12-13,17,22H,1-3,7,10-11,14-15,25H2/t22-/m1/s1. The summed E-state index contributed by atoms with van der Waals surface area (Å²) in [7, 11) is 0. The molecule has 1 aromatic heterocycles. The maximum Gasteiger partial charge on any atom is 0.349 e. The van der Waals surface area contributed by atoms with Gasteiger partial charge in [0.05, 0.1) is 5.37 Å². The summed E-state index contributed by atoms with van der Waals surface area (Å²) < 4.78 is 2.04. The lowest BCUT2D eigenvalue weighted by Crippen LogP contribution is -2.32. The van der Waals surface area contributed by atoms with E-state index in [4.69, 9.17) is 5.73 Å². The van der Waals surface area contributed by atoms with Gasteiger partial charge >= 0.3 is 5.69 Å². The molecule has 29 heavy (non-hydrogen) atoms. The molecule has 2 aliphatic rings. The Morgan fingerprint density at radius 3 is 2.66 bits per heavy atom. The third-order valence-corrected chi connectivity index (χ3v) is 7.52. The molecule has 2 aromatic carbocycles. The predicted octanol–water partition coefficient (Wildman–Crippen LogP) is 5.14. The van der Waals surface area contributed by atoms with E-state index in [2.05, 4.69) is 35.3 Å². The van der Waals surface area contributed by atoms with E-state index in [1.54, 1.807) is 0 Å². The number of nitrogens with zero attached hydrogens (tertiary/aromatic N) is 2. The third-order valence-electron chi connectivity index (χ3n) is 6.45. The molecule has 5 rings (SSSR count). The van der Waals surface area contributed by atoms with Gasteiger partial charge in [0.25, 0.3) is 0 Å². The monoisotopic (exact) mass is 405 g/mol. The Bertz CT molecular complexity index is 1100. The first-order valence-electron chi connectivity index (χ1n) is 10.8. The minimum atomic E-state index is -0.247. The average molecular weight is 406 g/mol. The Morgan fingerprint density at radius 2 is 1.79 bits per heavy atom. The number of hydrogen-bond donors (Lipinski definition) is 1. The second-order valence-electron chi connectivity index (χ2n) is 8.25. The van der Waals surface area contributed by atoms with Gasteiger partial charge in [0.1, 0.15) is 5.03 Å². The van der Waals surface area contributed by atoms with Gasteiger partial charge in [0.15, 0.2) is 0 Å². The van der Waals surface area contributed by atoms with Crippen LogP contribution in [0.4, 0.5) is 0 Å². The molecule has 0 aliphatic heterocycles. The molecule has 4 nitrogen and oxygen atoms in total. The molecule has 1 atom stereocenters. The Hall–Kier alpha value is -2.11. The van der Waals surface area contributed by atoms with E-state index in [0.717, 1.165) is 42.7 Å². The van der Waals surface area contributed by atoms with Crippen LogP contribution in [-0.2, 0) is 12.8 Å². The average Bonchev–Trinajstić information content (AvgIpc) is 3.24.